The Labute approximate surface area is 225 Å². The maximum atomic E-state index is 13.3. The normalized spacial score (nSPS) is 17.3. The van der Waals surface area contributed by atoms with Gasteiger partial charge in [0.05, 0.1) is 28.2 Å². The Bertz CT molecular complexity index is 1570. The van der Waals surface area contributed by atoms with Crippen LogP contribution in [0.4, 0.5) is 17.1 Å². The second-order valence-corrected chi connectivity index (χ2v) is 10.1. The molecule has 3 aromatic carbocycles. The van der Waals surface area contributed by atoms with E-state index in [0.717, 1.165) is 42.3 Å². The van der Waals surface area contributed by atoms with Crippen LogP contribution >= 0.6 is 0 Å². The summed E-state index contributed by atoms with van der Waals surface area (Å²) in [6.07, 6.45) is 4.25. The van der Waals surface area contributed by atoms with Crippen molar-refractivity contribution in [2.24, 2.45) is 4.99 Å². The minimum Gasteiger partial charge on any atom is -0.342 e. The first kappa shape index (κ1) is 24.7. The van der Waals surface area contributed by atoms with Crippen LogP contribution in [0.1, 0.15) is 41.3 Å². The van der Waals surface area contributed by atoms with Gasteiger partial charge in [-0.2, -0.15) is 0 Å². The summed E-state index contributed by atoms with van der Waals surface area (Å²) in [6, 6.07) is 20.3. The molecule has 2 N–H and O–H groups in total. The number of anilines is 1. The third kappa shape index (κ3) is 5.08. The van der Waals surface area contributed by atoms with Crippen molar-refractivity contribution in [1.82, 2.24) is 14.9 Å². The van der Waals surface area contributed by atoms with E-state index in [9.17, 15) is 14.9 Å². The van der Waals surface area contributed by atoms with Crippen LogP contribution in [0.5, 0.6) is 0 Å². The van der Waals surface area contributed by atoms with E-state index in [0.29, 0.717) is 22.6 Å². The van der Waals surface area contributed by atoms with Crippen molar-refractivity contribution in [3.63, 3.8) is 0 Å². The van der Waals surface area contributed by atoms with Gasteiger partial charge < -0.3 is 10.3 Å². The number of nitro benzene ring substituents is 1. The quantitative estimate of drug-likeness (QED) is 0.183. The number of amides is 1. The number of aryl methyl sites for hydroxylation is 1. The summed E-state index contributed by atoms with van der Waals surface area (Å²) in [5, 5.41) is 14.4. The van der Waals surface area contributed by atoms with E-state index in [1.807, 2.05) is 43.3 Å². The molecule has 4 aromatic rings. The number of nitro groups is 1. The van der Waals surface area contributed by atoms with E-state index >= 15 is 0 Å². The van der Waals surface area contributed by atoms with Crippen LogP contribution in [0.25, 0.3) is 11.3 Å². The lowest BCUT2D eigenvalue weighted by Crippen LogP contribution is -2.22. The van der Waals surface area contributed by atoms with Gasteiger partial charge in [-0.25, -0.2) is 4.98 Å². The van der Waals surface area contributed by atoms with Gasteiger partial charge in [0.1, 0.15) is 11.7 Å². The predicted octanol–water partition coefficient (Wildman–Crippen LogP) is 5.75. The van der Waals surface area contributed by atoms with Gasteiger partial charge in [0.15, 0.2) is 0 Å². The van der Waals surface area contributed by atoms with Crippen molar-refractivity contribution < 1.29 is 9.72 Å². The highest BCUT2D eigenvalue weighted by atomic mass is 16.6. The number of aromatic nitrogens is 2. The molecular formula is C30H28N6O3. The molecule has 0 radical (unpaired) electrons. The molecule has 1 unspecified atom stereocenters. The summed E-state index contributed by atoms with van der Waals surface area (Å²) >= 11 is 0. The molecule has 0 bridgehead atoms. The zero-order valence-electron chi connectivity index (χ0n) is 21.6. The lowest BCUT2D eigenvalue weighted by molar-refractivity contribution is -0.384. The van der Waals surface area contributed by atoms with Crippen LogP contribution in [0.2, 0.25) is 0 Å². The van der Waals surface area contributed by atoms with Crippen LogP contribution in [-0.4, -0.2) is 44.5 Å². The molecule has 9 nitrogen and oxygen atoms in total. The molecule has 39 heavy (non-hydrogen) atoms. The molecule has 0 saturated carbocycles. The monoisotopic (exact) mass is 520 g/mol. The zero-order chi connectivity index (χ0) is 26.9. The van der Waals surface area contributed by atoms with Crippen molar-refractivity contribution >= 4 is 28.7 Å². The fourth-order valence-electron chi connectivity index (χ4n) is 5.33. The molecule has 1 aromatic heterocycles. The number of likely N-dealkylation sites (tertiary alicyclic amines) is 1. The topological polar surface area (TPSA) is 117 Å². The fraction of sp³-hybridized carbons (Fsp3) is 0.233. The number of non-ortho nitro benzene ring substituents is 1. The number of nitrogens with zero attached hydrogens (tertiary/aromatic N) is 4. The Morgan fingerprint density at radius 3 is 2.49 bits per heavy atom. The summed E-state index contributed by atoms with van der Waals surface area (Å²) in [4.78, 5) is 39.2. The Balaban J connectivity index is 1.39. The number of aliphatic imine (C=N–C) groups is 1. The molecule has 1 saturated heterocycles. The summed E-state index contributed by atoms with van der Waals surface area (Å²) in [6.45, 7) is 5.01. The molecular weight excluding hydrogens is 492 g/mol. The second kappa shape index (κ2) is 10.3. The van der Waals surface area contributed by atoms with Gasteiger partial charge in [0, 0.05) is 29.9 Å². The number of aromatic amines is 1. The Morgan fingerprint density at radius 2 is 1.82 bits per heavy atom. The average Bonchev–Trinajstić information content (AvgIpc) is 3.68. The van der Waals surface area contributed by atoms with Gasteiger partial charge >= 0.3 is 0 Å². The number of hydrogen-bond acceptors (Lipinski definition) is 6. The van der Waals surface area contributed by atoms with Crippen LogP contribution in [-0.2, 0) is 11.3 Å². The van der Waals surface area contributed by atoms with Crippen molar-refractivity contribution in [3.05, 3.63) is 106 Å². The highest BCUT2D eigenvalue weighted by Crippen LogP contribution is 2.38. The molecule has 6 rings (SSSR count). The summed E-state index contributed by atoms with van der Waals surface area (Å²) in [7, 11) is 0. The maximum Gasteiger partial charge on any atom is 0.269 e. The van der Waals surface area contributed by atoms with Gasteiger partial charge in [-0.1, -0.05) is 36.4 Å². The molecule has 196 valence electrons. The number of imidazole rings is 1. The summed E-state index contributed by atoms with van der Waals surface area (Å²) in [5.41, 5.74) is 6.17. The number of benzene rings is 3. The Morgan fingerprint density at radius 1 is 1.08 bits per heavy atom. The largest absolute Gasteiger partial charge is 0.342 e. The number of hydrogen-bond donors (Lipinski definition) is 2. The van der Waals surface area contributed by atoms with Crippen molar-refractivity contribution in [3.8, 4) is 11.3 Å². The van der Waals surface area contributed by atoms with Crippen LogP contribution in [0, 0.1) is 17.0 Å². The van der Waals surface area contributed by atoms with E-state index in [-0.39, 0.29) is 11.6 Å². The van der Waals surface area contributed by atoms with Crippen LogP contribution in [0.3, 0.4) is 0 Å². The van der Waals surface area contributed by atoms with E-state index in [4.69, 9.17) is 4.99 Å². The van der Waals surface area contributed by atoms with E-state index in [1.165, 1.54) is 30.5 Å². The van der Waals surface area contributed by atoms with Gasteiger partial charge in [0.2, 0.25) is 5.91 Å². The summed E-state index contributed by atoms with van der Waals surface area (Å²) < 4.78 is 0. The molecule has 0 aliphatic carbocycles. The first-order valence-electron chi connectivity index (χ1n) is 13.1. The minimum atomic E-state index is -0.778. The van der Waals surface area contributed by atoms with Crippen LogP contribution in [0.15, 0.2) is 77.9 Å². The SMILES string of the molecule is Cc1ncc(-c2ccc(N=C(c3ccc(CN4CCCC4)cc3)C3C(=O)Nc4ccc([N+](=O)[O-])cc43)cc2)[nH]1. The maximum absolute atomic E-state index is 13.3. The number of rotatable bonds is 7. The molecule has 1 atom stereocenters. The standard InChI is InChI=1S/C30H28N6O3/c1-19-31-17-27(32-19)21-8-10-23(11-9-21)33-29(22-6-4-20(5-7-22)18-35-14-2-3-15-35)28-25-16-24(36(38)39)12-13-26(25)34-30(28)37/h4-13,16-17,28H,2-3,14-15,18H2,1H3,(H,31,32)(H,34,37). The van der Waals surface area contributed by atoms with Gasteiger partial charge in [0.25, 0.3) is 5.69 Å². The first-order valence-corrected chi connectivity index (χ1v) is 13.1. The molecule has 1 amide bonds. The molecule has 9 heteroatoms. The Hall–Kier alpha value is -4.63. The van der Waals surface area contributed by atoms with Gasteiger partial charge in [-0.05, 0) is 67.7 Å². The second-order valence-electron chi connectivity index (χ2n) is 10.1. The highest BCUT2D eigenvalue weighted by Gasteiger charge is 2.36. The van der Waals surface area contributed by atoms with E-state index < -0.39 is 10.8 Å². The number of H-pyrrole nitrogens is 1. The van der Waals surface area contributed by atoms with Crippen molar-refractivity contribution in [1.29, 1.82) is 0 Å². The number of nitrogens with one attached hydrogen (secondary N) is 2. The molecule has 3 heterocycles. The first-order chi connectivity index (χ1) is 18.9. The summed E-state index contributed by atoms with van der Waals surface area (Å²) in [5.74, 6) is -0.197. The number of carbonyl (C=O) groups is 1. The Kier molecular flexibility index (Phi) is 6.50. The molecule has 0 spiro atoms. The minimum absolute atomic E-state index is 0.0604. The smallest absolute Gasteiger partial charge is 0.269 e. The van der Waals surface area contributed by atoms with Crippen LogP contribution < -0.4 is 5.32 Å². The van der Waals surface area contributed by atoms with Gasteiger partial charge in [-0.3, -0.25) is 24.8 Å². The van der Waals surface area contributed by atoms with Crippen molar-refractivity contribution in [2.45, 2.75) is 32.2 Å². The molecule has 2 aliphatic heterocycles. The average molecular weight is 521 g/mol. The van der Waals surface area contributed by atoms with Crippen molar-refractivity contribution in [2.75, 3.05) is 18.4 Å². The lowest BCUT2D eigenvalue weighted by Gasteiger charge is -2.17. The van der Waals surface area contributed by atoms with E-state index in [2.05, 4.69) is 32.3 Å². The third-order valence-electron chi connectivity index (χ3n) is 7.34. The highest BCUT2D eigenvalue weighted by molar-refractivity contribution is 6.24. The van der Waals surface area contributed by atoms with E-state index in [1.54, 1.807) is 12.3 Å². The predicted molar refractivity (Wildman–Crippen MR) is 150 cm³/mol. The van der Waals surface area contributed by atoms with Gasteiger partial charge in [-0.15, -0.1) is 0 Å². The number of carbonyl (C=O) groups excluding carboxylic acids is 1. The zero-order valence-corrected chi connectivity index (χ0v) is 21.6. The number of fused-ring (bicyclic) bond motifs is 1. The fourth-order valence-corrected chi connectivity index (χ4v) is 5.33. The molecule has 2 aliphatic rings. The third-order valence-corrected chi connectivity index (χ3v) is 7.34. The lowest BCUT2D eigenvalue weighted by atomic mass is 9.90. The molecule has 1 fully saturated rings.